The SMILES string of the molecule is CCS(=O)(=O)c1ccc(Oc2cc3[nH]c(-c4ccccn4)nc3cc2C2CCC(=O)O2)cc1. The number of sulfone groups is 1. The molecule has 1 fully saturated rings. The van der Waals surface area contributed by atoms with Crippen LogP contribution >= 0.6 is 0 Å². The van der Waals surface area contributed by atoms with Crippen LogP contribution in [0, 0.1) is 0 Å². The molecule has 5 rings (SSSR count). The lowest BCUT2D eigenvalue weighted by molar-refractivity contribution is -0.141. The summed E-state index contributed by atoms with van der Waals surface area (Å²) in [5.74, 6) is 1.37. The molecular weight excluding hydrogens is 442 g/mol. The molecule has 0 saturated carbocycles. The van der Waals surface area contributed by atoms with E-state index in [1.165, 1.54) is 12.1 Å². The van der Waals surface area contributed by atoms with E-state index in [0.717, 1.165) is 5.52 Å². The van der Waals surface area contributed by atoms with Gasteiger partial charge in [0.05, 0.1) is 21.7 Å². The number of hydrogen-bond donors (Lipinski definition) is 1. The van der Waals surface area contributed by atoms with Gasteiger partial charge in [0.25, 0.3) is 0 Å². The molecule has 1 unspecified atom stereocenters. The van der Waals surface area contributed by atoms with E-state index in [-0.39, 0.29) is 16.6 Å². The number of nitrogens with one attached hydrogen (secondary N) is 1. The number of aromatic nitrogens is 3. The number of hydrogen-bond acceptors (Lipinski definition) is 7. The highest BCUT2D eigenvalue weighted by atomic mass is 32.2. The second kappa shape index (κ2) is 8.32. The number of nitrogens with zero attached hydrogens (tertiary/aromatic N) is 2. The van der Waals surface area contributed by atoms with Crippen molar-refractivity contribution in [2.24, 2.45) is 0 Å². The number of H-pyrrole nitrogens is 1. The topological polar surface area (TPSA) is 111 Å². The zero-order valence-electron chi connectivity index (χ0n) is 17.8. The van der Waals surface area contributed by atoms with Crippen molar-refractivity contribution in [2.75, 3.05) is 5.75 Å². The van der Waals surface area contributed by atoms with Crippen LogP contribution < -0.4 is 4.74 Å². The third kappa shape index (κ3) is 4.19. The van der Waals surface area contributed by atoms with Crippen molar-refractivity contribution in [2.45, 2.75) is 30.8 Å². The Morgan fingerprint density at radius 3 is 2.64 bits per heavy atom. The number of benzene rings is 2. The maximum absolute atomic E-state index is 12.1. The third-order valence-corrected chi connectivity index (χ3v) is 7.29. The van der Waals surface area contributed by atoms with Gasteiger partial charge in [-0.3, -0.25) is 9.78 Å². The Morgan fingerprint density at radius 2 is 1.97 bits per heavy atom. The molecule has 1 atom stereocenters. The van der Waals surface area contributed by atoms with E-state index in [4.69, 9.17) is 9.47 Å². The summed E-state index contributed by atoms with van der Waals surface area (Å²) in [6.07, 6.45) is 2.15. The largest absolute Gasteiger partial charge is 0.457 e. The van der Waals surface area contributed by atoms with Gasteiger partial charge in [0.15, 0.2) is 15.7 Å². The van der Waals surface area contributed by atoms with E-state index in [1.54, 1.807) is 25.3 Å². The molecule has 1 aliphatic heterocycles. The number of rotatable bonds is 6. The molecular formula is C24H21N3O5S. The average Bonchev–Trinajstić information content (AvgIpc) is 3.45. The number of pyridine rings is 1. The molecule has 0 amide bonds. The predicted octanol–water partition coefficient (Wildman–Crippen LogP) is 4.59. The molecule has 2 aromatic carbocycles. The molecule has 9 heteroatoms. The lowest BCUT2D eigenvalue weighted by atomic mass is 10.0. The highest BCUT2D eigenvalue weighted by Crippen LogP contribution is 2.39. The molecule has 1 N–H and O–H groups in total. The van der Waals surface area contributed by atoms with E-state index in [2.05, 4.69) is 15.0 Å². The normalized spacial score (nSPS) is 16.2. The number of carbonyl (C=O) groups excluding carboxylic acids is 1. The zero-order chi connectivity index (χ0) is 23.0. The average molecular weight is 464 g/mol. The summed E-state index contributed by atoms with van der Waals surface area (Å²) < 4.78 is 35.8. The first kappa shape index (κ1) is 21.1. The van der Waals surface area contributed by atoms with Crippen molar-refractivity contribution < 1.29 is 22.7 Å². The van der Waals surface area contributed by atoms with Gasteiger partial charge in [-0.25, -0.2) is 13.4 Å². The van der Waals surface area contributed by atoms with Crippen molar-refractivity contribution in [1.29, 1.82) is 0 Å². The van der Waals surface area contributed by atoms with Crippen LogP contribution in [-0.2, 0) is 19.4 Å². The van der Waals surface area contributed by atoms with Crippen molar-refractivity contribution in [3.05, 3.63) is 66.4 Å². The number of cyclic esters (lactones) is 1. The summed E-state index contributed by atoms with van der Waals surface area (Å²) in [7, 11) is -3.30. The molecule has 4 aromatic rings. The number of carbonyl (C=O) groups is 1. The number of aromatic amines is 1. The number of fused-ring (bicyclic) bond motifs is 1. The van der Waals surface area contributed by atoms with E-state index >= 15 is 0 Å². The fourth-order valence-corrected chi connectivity index (χ4v) is 4.65. The van der Waals surface area contributed by atoms with E-state index in [0.29, 0.717) is 46.9 Å². The van der Waals surface area contributed by atoms with Crippen LogP contribution in [0.1, 0.15) is 31.4 Å². The molecule has 168 valence electrons. The molecule has 1 aliphatic rings. The van der Waals surface area contributed by atoms with Crippen molar-refractivity contribution >= 4 is 26.8 Å². The fourth-order valence-electron chi connectivity index (χ4n) is 3.77. The lowest BCUT2D eigenvalue weighted by Gasteiger charge is -2.16. The molecule has 33 heavy (non-hydrogen) atoms. The summed E-state index contributed by atoms with van der Waals surface area (Å²) >= 11 is 0. The summed E-state index contributed by atoms with van der Waals surface area (Å²) in [5, 5.41) is 0. The molecule has 0 spiro atoms. The van der Waals surface area contributed by atoms with Crippen LogP contribution in [0.25, 0.3) is 22.6 Å². The number of esters is 1. The van der Waals surface area contributed by atoms with Gasteiger partial charge < -0.3 is 14.5 Å². The Hall–Kier alpha value is -3.72. The smallest absolute Gasteiger partial charge is 0.306 e. The highest BCUT2D eigenvalue weighted by Gasteiger charge is 2.29. The fraction of sp³-hybridized carbons (Fsp3) is 0.208. The molecule has 1 saturated heterocycles. The van der Waals surface area contributed by atoms with Crippen LogP contribution in [0.5, 0.6) is 11.5 Å². The minimum absolute atomic E-state index is 0.0273. The molecule has 2 aromatic heterocycles. The minimum Gasteiger partial charge on any atom is -0.457 e. The predicted molar refractivity (Wildman–Crippen MR) is 122 cm³/mol. The first-order chi connectivity index (χ1) is 15.9. The van der Waals surface area contributed by atoms with E-state index in [9.17, 15) is 13.2 Å². The first-order valence-corrected chi connectivity index (χ1v) is 12.2. The quantitative estimate of drug-likeness (QED) is 0.416. The maximum Gasteiger partial charge on any atom is 0.306 e. The molecule has 0 radical (unpaired) electrons. The van der Waals surface area contributed by atoms with Gasteiger partial charge in [-0.05, 0) is 48.9 Å². The minimum atomic E-state index is -3.30. The Kier molecular flexibility index (Phi) is 5.33. The van der Waals surface area contributed by atoms with Gasteiger partial charge in [0, 0.05) is 24.2 Å². The van der Waals surface area contributed by atoms with Gasteiger partial charge >= 0.3 is 5.97 Å². The lowest BCUT2D eigenvalue weighted by Crippen LogP contribution is -2.03. The standard InChI is InChI=1S/C24H21N3O5S/c1-2-33(29,30)16-8-6-15(7-9-16)31-22-14-20-19(13-17(22)21-10-11-23(28)32-21)26-24(27-20)18-5-3-4-12-25-18/h3-9,12-14,21H,2,10-11H2,1H3,(H,26,27). The number of imidazole rings is 1. The Morgan fingerprint density at radius 1 is 1.15 bits per heavy atom. The molecule has 0 bridgehead atoms. The molecule has 0 aliphatic carbocycles. The molecule has 3 heterocycles. The third-order valence-electron chi connectivity index (χ3n) is 5.54. The second-order valence-electron chi connectivity index (χ2n) is 7.70. The van der Waals surface area contributed by atoms with Gasteiger partial charge in [0.2, 0.25) is 0 Å². The Balaban J connectivity index is 1.55. The van der Waals surface area contributed by atoms with Gasteiger partial charge in [0.1, 0.15) is 23.3 Å². The van der Waals surface area contributed by atoms with Gasteiger partial charge in [-0.15, -0.1) is 0 Å². The van der Waals surface area contributed by atoms with Crippen molar-refractivity contribution in [3.63, 3.8) is 0 Å². The van der Waals surface area contributed by atoms with Crippen LogP contribution in [0.4, 0.5) is 0 Å². The monoisotopic (exact) mass is 463 g/mol. The van der Waals surface area contributed by atoms with Crippen molar-refractivity contribution in [3.8, 4) is 23.0 Å². The van der Waals surface area contributed by atoms with Crippen molar-refractivity contribution in [1.82, 2.24) is 15.0 Å². The summed E-state index contributed by atoms with van der Waals surface area (Å²) in [4.78, 5) is 24.2. The summed E-state index contributed by atoms with van der Waals surface area (Å²) in [5.41, 5.74) is 2.85. The Bertz CT molecular complexity index is 1430. The van der Waals surface area contributed by atoms with E-state index < -0.39 is 15.9 Å². The van der Waals surface area contributed by atoms with Crippen LogP contribution in [0.15, 0.2) is 65.7 Å². The Labute approximate surface area is 190 Å². The van der Waals surface area contributed by atoms with Crippen LogP contribution in [-0.4, -0.2) is 35.1 Å². The maximum atomic E-state index is 12.1. The first-order valence-electron chi connectivity index (χ1n) is 10.6. The van der Waals surface area contributed by atoms with E-state index in [1.807, 2.05) is 30.3 Å². The summed E-state index contributed by atoms with van der Waals surface area (Å²) in [6, 6.07) is 15.5. The number of ether oxygens (including phenoxy) is 2. The van der Waals surface area contributed by atoms with Gasteiger partial charge in [-0.2, -0.15) is 0 Å². The van der Waals surface area contributed by atoms with Gasteiger partial charge in [-0.1, -0.05) is 13.0 Å². The van der Waals surface area contributed by atoms with Crippen LogP contribution in [0.2, 0.25) is 0 Å². The van der Waals surface area contributed by atoms with Crippen LogP contribution in [0.3, 0.4) is 0 Å². The molecule has 8 nitrogen and oxygen atoms in total. The zero-order valence-corrected chi connectivity index (χ0v) is 18.6. The highest BCUT2D eigenvalue weighted by molar-refractivity contribution is 7.91. The second-order valence-corrected chi connectivity index (χ2v) is 9.98. The summed E-state index contributed by atoms with van der Waals surface area (Å²) in [6.45, 7) is 1.60.